The van der Waals surface area contributed by atoms with Crippen molar-refractivity contribution < 1.29 is 51.2 Å². The summed E-state index contributed by atoms with van der Waals surface area (Å²) in [5, 5.41) is 0. The number of phosphoric ester groups is 2. The summed E-state index contributed by atoms with van der Waals surface area (Å²) >= 11 is 0. The first-order chi connectivity index (χ1) is 18.3. The molecule has 0 aromatic heterocycles. The van der Waals surface area contributed by atoms with E-state index in [0.717, 1.165) is 51.4 Å². The number of ether oxygens (including phenoxy) is 3. The van der Waals surface area contributed by atoms with Crippen molar-refractivity contribution in [3.05, 3.63) is 0 Å². The van der Waals surface area contributed by atoms with Crippen LogP contribution < -0.4 is 0 Å². The van der Waals surface area contributed by atoms with Crippen LogP contribution in [0, 0.1) is 0 Å². The highest BCUT2D eigenvalue weighted by molar-refractivity contribution is 7.47. The molecule has 0 radical (unpaired) electrons. The molecule has 2 aliphatic rings. The Morgan fingerprint density at radius 1 is 0.744 bits per heavy atom. The maximum Gasteiger partial charge on any atom is 0.472 e. The van der Waals surface area contributed by atoms with Gasteiger partial charge in [0.25, 0.3) is 0 Å². The van der Waals surface area contributed by atoms with Crippen LogP contribution in [0.25, 0.3) is 0 Å². The fourth-order valence-electron chi connectivity index (χ4n) is 4.95. The van der Waals surface area contributed by atoms with Gasteiger partial charge in [-0.15, -0.1) is 0 Å². The molecule has 0 aromatic rings. The predicted octanol–water partition coefficient (Wildman–Crippen LogP) is 6.30. The topological polar surface area (TPSA) is 139 Å². The number of hydrogen-bond acceptors (Lipinski definition) is 9. The molecule has 39 heavy (non-hydrogen) atoms. The molecule has 2 aliphatic heterocycles. The molecule has 2 heterocycles. The lowest BCUT2D eigenvalue weighted by Crippen LogP contribution is -2.32. The lowest BCUT2D eigenvalue weighted by Gasteiger charge is -2.25. The minimum Gasteiger partial charge on any atom is -0.373 e. The highest BCUT2D eigenvalue weighted by atomic mass is 31.2. The molecule has 232 valence electrons. The first-order valence-electron chi connectivity index (χ1n) is 14.6. The van der Waals surface area contributed by atoms with Gasteiger partial charge in [-0.3, -0.25) is 18.1 Å². The van der Waals surface area contributed by atoms with Crippen LogP contribution in [0.2, 0.25) is 0 Å². The van der Waals surface area contributed by atoms with E-state index in [0.29, 0.717) is 12.8 Å². The third kappa shape index (κ3) is 13.7. The molecule has 4 unspecified atom stereocenters. The molecule has 0 bridgehead atoms. The third-order valence-corrected chi connectivity index (χ3v) is 8.85. The van der Waals surface area contributed by atoms with Gasteiger partial charge in [-0.2, -0.15) is 0 Å². The van der Waals surface area contributed by atoms with Gasteiger partial charge in [0.2, 0.25) is 0 Å². The van der Waals surface area contributed by atoms with E-state index in [4.69, 9.17) is 32.3 Å². The van der Waals surface area contributed by atoms with Crippen molar-refractivity contribution in [1.82, 2.24) is 0 Å². The molecule has 2 N–H and O–H groups in total. The minimum absolute atomic E-state index is 0.0174. The van der Waals surface area contributed by atoms with Crippen LogP contribution in [0.4, 0.5) is 0 Å². The van der Waals surface area contributed by atoms with Crippen molar-refractivity contribution in [2.75, 3.05) is 13.2 Å². The Morgan fingerprint density at radius 3 is 1.72 bits per heavy atom. The first kappa shape index (κ1) is 35.3. The Labute approximate surface area is 234 Å². The van der Waals surface area contributed by atoms with Crippen LogP contribution in [0.1, 0.15) is 106 Å². The van der Waals surface area contributed by atoms with E-state index < -0.39 is 40.1 Å². The van der Waals surface area contributed by atoms with Crippen molar-refractivity contribution in [1.29, 1.82) is 0 Å². The Hall–Kier alpha value is 0.1000. The Kier molecular flexibility index (Phi) is 15.6. The fourth-order valence-corrected chi connectivity index (χ4v) is 6.84. The average Bonchev–Trinajstić information content (AvgIpc) is 3.38. The van der Waals surface area contributed by atoms with Gasteiger partial charge in [-0.1, -0.05) is 52.4 Å². The molecule has 2 fully saturated rings. The second kappa shape index (κ2) is 17.3. The summed E-state index contributed by atoms with van der Waals surface area (Å²) in [6.45, 7) is 10.9. The van der Waals surface area contributed by atoms with Crippen molar-refractivity contribution in [2.24, 2.45) is 0 Å². The first-order valence-corrected chi connectivity index (χ1v) is 17.6. The second-order valence-electron chi connectivity index (χ2n) is 11.1. The molecule has 0 spiro atoms. The summed E-state index contributed by atoms with van der Waals surface area (Å²) in [4.78, 5) is 20.5. The number of rotatable bonds is 20. The number of phosphoric acid groups is 2. The number of hydrogen-bond donors (Lipinski definition) is 2. The molecule has 0 aromatic carbocycles. The average molecular weight is 603 g/mol. The Bertz CT molecular complexity index is 781. The predicted molar refractivity (Wildman–Crippen MR) is 147 cm³/mol. The van der Waals surface area contributed by atoms with Crippen LogP contribution in [0.3, 0.4) is 0 Å². The molecule has 0 saturated carbocycles. The van der Waals surface area contributed by atoms with Gasteiger partial charge < -0.3 is 24.0 Å². The van der Waals surface area contributed by atoms with E-state index in [1.165, 1.54) is 0 Å². The maximum absolute atomic E-state index is 13.0. The molecular weight excluding hydrogens is 550 g/mol. The van der Waals surface area contributed by atoms with Gasteiger partial charge in [0.05, 0.1) is 43.7 Å². The molecule has 0 amide bonds. The van der Waals surface area contributed by atoms with Crippen molar-refractivity contribution >= 4 is 15.6 Å². The van der Waals surface area contributed by atoms with Crippen LogP contribution in [-0.2, 0) is 41.4 Å². The van der Waals surface area contributed by atoms with Crippen molar-refractivity contribution in [2.45, 2.75) is 155 Å². The zero-order chi connectivity index (χ0) is 29.1. The van der Waals surface area contributed by atoms with E-state index in [9.17, 15) is 18.9 Å². The maximum atomic E-state index is 13.0. The quantitative estimate of drug-likeness (QED) is 0.120. The summed E-state index contributed by atoms with van der Waals surface area (Å²) in [5.74, 6) is 0. The van der Waals surface area contributed by atoms with Crippen LogP contribution in [0.5, 0.6) is 0 Å². The Morgan fingerprint density at radius 2 is 1.23 bits per heavy atom. The summed E-state index contributed by atoms with van der Waals surface area (Å²) in [7, 11) is -8.83. The molecule has 8 atom stereocenters. The molecule has 11 nitrogen and oxygen atoms in total. The van der Waals surface area contributed by atoms with Gasteiger partial charge in [-0.05, 0) is 40.5 Å². The fraction of sp³-hybridized carbons (Fsp3) is 1.00. The number of unbranched alkanes of at least 4 members (excludes halogenated alkanes) is 4. The summed E-state index contributed by atoms with van der Waals surface area (Å²) in [6, 6.07) is 0. The standard InChI is InChI=1S/C26H52O11P2/c1-7-9-11-13-21-15-23(33-19(3)4)25(34-21)17-32-39(29,30)37-24-16-22(14-12-10-8-2)35-26(24)18-31-38(27,28)36-20(5)6/h19-26H,7-18H2,1-6H3,(H,27,28)(H,29,30)/t21-,22-,23?,24?,25+,26+/m0/s1. The SMILES string of the molecule is CCCCC[C@H]1CC(OC(C)C)[C@@H](COP(=O)(O)OC2C[C@H](CCCCC)O[C@@H]2COP(=O)(O)OC(C)C)O1. The monoisotopic (exact) mass is 602 g/mol. The van der Waals surface area contributed by atoms with Gasteiger partial charge in [0.1, 0.15) is 18.3 Å². The summed E-state index contributed by atoms with van der Waals surface area (Å²) in [6.07, 6.45) is 5.83. The minimum atomic E-state index is -4.52. The zero-order valence-corrected chi connectivity index (χ0v) is 26.4. The molecule has 0 aliphatic carbocycles. The van der Waals surface area contributed by atoms with Crippen LogP contribution >= 0.6 is 15.6 Å². The summed E-state index contributed by atoms with van der Waals surface area (Å²) < 4.78 is 64.4. The van der Waals surface area contributed by atoms with E-state index >= 15 is 0 Å². The zero-order valence-electron chi connectivity index (χ0n) is 24.6. The molecule has 13 heteroatoms. The molecule has 2 saturated heterocycles. The van der Waals surface area contributed by atoms with Crippen LogP contribution in [-0.4, -0.2) is 71.8 Å². The van der Waals surface area contributed by atoms with Gasteiger partial charge in [-0.25, -0.2) is 9.13 Å². The molecule has 2 rings (SSSR count). The highest BCUT2D eigenvalue weighted by Gasteiger charge is 2.43. The van der Waals surface area contributed by atoms with E-state index in [1.54, 1.807) is 13.8 Å². The van der Waals surface area contributed by atoms with Crippen molar-refractivity contribution in [3.63, 3.8) is 0 Å². The summed E-state index contributed by atoms with van der Waals surface area (Å²) in [5.41, 5.74) is 0. The lowest BCUT2D eigenvalue weighted by atomic mass is 10.1. The van der Waals surface area contributed by atoms with Crippen LogP contribution in [0.15, 0.2) is 0 Å². The molecular formula is C26H52O11P2. The van der Waals surface area contributed by atoms with Gasteiger partial charge in [0.15, 0.2) is 0 Å². The highest BCUT2D eigenvalue weighted by Crippen LogP contribution is 2.50. The van der Waals surface area contributed by atoms with E-state index in [-0.39, 0.29) is 37.6 Å². The van der Waals surface area contributed by atoms with E-state index in [1.807, 2.05) is 13.8 Å². The lowest BCUT2D eigenvalue weighted by molar-refractivity contribution is -0.0683. The largest absolute Gasteiger partial charge is 0.472 e. The van der Waals surface area contributed by atoms with E-state index in [2.05, 4.69) is 13.8 Å². The van der Waals surface area contributed by atoms with Gasteiger partial charge in [0, 0.05) is 12.8 Å². The van der Waals surface area contributed by atoms with Gasteiger partial charge >= 0.3 is 15.6 Å². The third-order valence-electron chi connectivity index (χ3n) is 6.68. The van der Waals surface area contributed by atoms with Crippen molar-refractivity contribution in [3.8, 4) is 0 Å². The normalized spacial score (nSPS) is 30.7. The Balaban J connectivity index is 1.98. The smallest absolute Gasteiger partial charge is 0.373 e. The second-order valence-corrected chi connectivity index (χ2v) is 13.9.